The molecule has 1 heterocycles. The maximum Gasteiger partial charge on any atom is 0.148 e. The number of halogens is 1. The van der Waals surface area contributed by atoms with E-state index in [9.17, 15) is 0 Å². The number of pyridine rings is 1. The number of benzene rings is 1. The van der Waals surface area contributed by atoms with Gasteiger partial charge in [-0.15, -0.1) is 0 Å². The average molecular weight is 291 g/mol. The number of nitrogens with two attached hydrogens (primary N) is 1. The lowest BCUT2D eigenvalue weighted by Crippen LogP contribution is -2.21. The van der Waals surface area contributed by atoms with E-state index in [1.54, 1.807) is 6.20 Å². The quantitative estimate of drug-likeness (QED) is 0.901. The predicted octanol–water partition coefficient (Wildman–Crippen LogP) is 4.12. The first-order valence-corrected chi connectivity index (χ1v) is 7.11. The minimum absolute atomic E-state index is 0.103. The molecule has 1 unspecified atom stereocenters. The maximum absolute atomic E-state index is 6.07. The van der Waals surface area contributed by atoms with Gasteiger partial charge in [0.25, 0.3) is 0 Å². The van der Waals surface area contributed by atoms with Gasteiger partial charge in [-0.2, -0.15) is 0 Å². The average Bonchev–Trinajstić information content (AvgIpc) is 2.44. The van der Waals surface area contributed by atoms with Crippen LogP contribution in [0.25, 0.3) is 0 Å². The summed E-state index contributed by atoms with van der Waals surface area (Å²) in [6.45, 7) is 3.99. The molecule has 0 amide bonds. The van der Waals surface area contributed by atoms with Crippen molar-refractivity contribution in [1.82, 2.24) is 4.98 Å². The van der Waals surface area contributed by atoms with E-state index in [1.165, 1.54) is 0 Å². The summed E-state index contributed by atoms with van der Waals surface area (Å²) < 4.78 is 5.96. The van der Waals surface area contributed by atoms with E-state index in [2.05, 4.69) is 11.9 Å². The number of nitrogens with zero attached hydrogens (tertiary/aromatic N) is 1. The molecule has 0 spiro atoms. The minimum Gasteiger partial charge on any atom is -0.455 e. The minimum atomic E-state index is 0.103. The van der Waals surface area contributed by atoms with Gasteiger partial charge in [0.1, 0.15) is 11.5 Å². The van der Waals surface area contributed by atoms with Gasteiger partial charge in [-0.05, 0) is 55.7 Å². The zero-order valence-electron chi connectivity index (χ0n) is 11.8. The third-order valence-corrected chi connectivity index (χ3v) is 3.44. The van der Waals surface area contributed by atoms with Gasteiger partial charge in [0.15, 0.2) is 0 Å². The second-order valence-corrected chi connectivity index (χ2v) is 5.25. The van der Waals surface area contributed by atoms with Crippen molar-refractivity contribution >= 4 is 11.6 Å². The highest BCUT2D eigenvalue weighted by atomic mass is 35.5. The van der Waals surface area contributed by atoms with E-state index in [-0.39, 0.29) is 6.04 Å². The first-order valence-electron chi connectivity index (χ1n) is 6.73. The van der Waals surface area contributed by atoms with Crippen LogP contribution in [0.3, 0.4) is 0 Å². The molecule has 0 bridgehead atoms. The van der Waals surface area contributed by atoms with Gasteiger partial charge >= 0.3 is 0 Å². The van der Waals surface area contributed by atoms with Crippen LogP contribution < -0.4 is 10.5 Å². The van der Waals surface area contributed by atoms with Crippen LogP contribution in [0.5, 0.6) is 11.5 Å². The third-order valence-electron chi connectivity index (χ3n) is 3.21. The molecule has 1 aromatic heterocycles. The number of rotatable bonds is 5. The Morgan fingerprint density at radius 2 is 2.10 bits per heavy atom. The lowest BCUT2D eigenvalue weighted by atomic mass is 10.0. The van der Waals surface area contributed by atoms with Gasteiger partial charge in [0.2, 0.25) is 0 Å². The number of aromatic nitrogens is 1. The normalized spacial score (nSPS) is 12.2. The van der Waals surface area contributed by atoms with Crippen LogP contribution in [-0.4, -0.2) is 11.0 Å². The van der Waals surface area contributed by atoms with Crippen molar-refractivity contribution < 1.29 is 4.74 Å². The van der Waals surface area contributed by atoms with Crippen LogP contribution in [0.1, 0.15) is 24.6 Å². The maximum atomic E-state index is 6.07. The lowest BCUT2D eigenvalue weighted by Gasteiger charge is -2.15. The van der Waals surface area contributed by atoms with Crippen LogP contribution in [0.4, 0.5) is 0 Å². The van der Waals surface area contributed by atoms with E-state index in [4.69, 9.17) is 22.1 Å². The number of aryl methyl sites for hydroxylation is 1. The molecule has 0 saturated heterocycles. The molecular formula is C16H19ClN2O. The molecule has 0 radical (unpaired) electrons. The SMILES string of the molecule is CCC(N)Cc1cc(Cl)ccc1Oc1cccnc1C. The predicted molar refractivity (Wildman–Crippen MR) is 82.5 cm³/mol. The monoisotopic (exact) mass is 290 g/mol. The lowest BCUT2D eigenvalue weighted by molar-refractivity contribution is 0.466. The summed E-state index contributed by atoms with van der Waals surface area (Å²) in [4.78, 5) is 4.22. The van der Waals surface area contributed by atoms with E-state index >= 15 is 0 Å². The van der Waals surface area contributed by atoms with E-state index in [0.717, 1.165) is 35.6 Å². The Balaban J connectivity index is 2.29. The van der Waals surface area contributed by atoms with Crippen molar-refractivity contribution in [3.8, 4) is 11.5 Å². The van der Waals surface area contributed by atoms with Gasteiger partial charge in [0.05, 0.1) is 5.69 Å². The van der Waals surface area contributed by atoms with E-state index in [1.807, 2.05) is 37.3 Å². The Kier molecular flexibility index (Phi) is 4.99. The Morgan fingerprint density at radius 1 is 1.30 bits per heavy atom. The first-order chi connectivity index (χ1) is 9.60. The number of hydrogen-bond acceptors (Lipinski definition) is 3. The standard InChI is InChI=1S/C16H19ClN2O/c1-3-14(18)10-12-9-13(17)6-7-16(12)20-15-5-4-8-19-11(15)2/h4-9,14H,3,10,18H2,1-2H3. The molecule has 20 heavy (non-hydrogen) atoms. The third kappa shape index (κ3) is 3.71. The van der Waals surface area contributed by atoms with Crippen molar-refractivity contribution in [2.75, 3.05) is 0 Å². The van der Waals surface area contributed by atoms with Gasteiger partial charge in [0, 0.05) is 17.3 Å². The Morgan fingerprint density at radius 3 is 2.80 bits per heavy atom. The van der Waals surface area contributed by atoms with Crippen molar-refractivity contribution in [1.29, 1.82) is 0 Å². The summed E-state index contributed by atoms with van der Waals surface area (Å²) >= 11 is 6.07. The first kappa shape index (κ1) is 14.8. The van der Waals surface area contributed by atoms with Crippen LogP contribution in [0, 0.1) is 6.92 Å². The highest BCUT2D eigenvalue weighted by Crippen LogP contribution is 2.30. The number of ether oxygens (including phenoxy) is 1. The van der Waals surface area contributed by atoms with Crippen LogP contribution in [0.15, 0.2) is 36.5 Å². The second-order valence-electron chi connectivity index (χ2n) is 4.81. The molecular weight excluding hydrogens is 272 g/mol. The molecule has 0 fully saturated rings. The second kappa shape index (κ2) is 6.73. The van der Waals surface area contributed by atoms with Crippen molar-refractivity contribution in [3.05, 3.63) is 52.8 Å². The summed E-state index contributed by atoms with van der Waals surface area (Å²) in [7, 11) is 0. The molecule has 1 atom stereocenters. The van der Waals surface area contributed by atoms with Gasteiger partial charge in [-0.25, -0.2) is 0 Å². The summed E-state index contributed by atoms with van der Waals surface area (Å²) in [5.41, 5.74) is 7.91. The fraction of sp³-hybridized carbons (Fsp3) is 0.312. The molecule has 0 aliphatic rings. The van der Waals surface area contributed by atoms with E-state index in [0.29, 0.717) is 5.02 Å². The Hall–Kier alpha value is -1.58. The van der Waals surface area contributed by atoms with E-state index < -0.39 is 0 Å². The summed E-state index contributed by atoms with van der Waals surface area (Å²) in [6, 6.07) is 9.48. The van der Waals surface area contributed by atoms with Gasteiger partial charge in [-0.1, -0.05) is 18.5 Å². The molecule has 4 heteroatoms. The van der Waals surface area contributed by atoms with Crippen LogP contribution in [0.2, 0.25) is 5.02 Å². The van der Waals surface area contributed by atoms with Gasteiger partial charge in [-0.3, -0.25) is 4.98 Å². The molecule has 0 aliphatic carbocycles. The summed E-state index contributed by atoms with van der Waals surface area (Å²) in [5, 5.41) is 0.693. The molecule has 3 nitrogen and oxygen atoms in total. The fourth-order valence-electron chi connectivity index (χ4n) is 1.93. The zero-order chi connectivity index (χ0) is 14.5. The van der Waals surface area contributed by atoms with Crippen molar-refractivity contribution in [2.24, 2.45) is 5.73 Å². The summed E-state index contributed by atoms with van der Waals surface area (Å²) in [5.74, 6) is 1.54. The highest BCUT2D eigenvalue weighted by Gasteiger charge is 2.11. The largest absolute Gasteiger partial charge is 0.455 e. The molecule has 106 valence electrons. The zero-order valence-corrected chi connectivity index (χ0v) is 12.5. The Bertz CT molecular complexity index is 586. The number of hydrogen-bond donors (Lipinski definition) is 1. The highest BCUT2D eigenvalue weighted by molar-refractivity contribution is 6.30. The Labute approximate surface area is 124 Å². The molecule has 2 N–H and O–H groups in total. The van der Waals surface area contributed by atoms with Gasteiger partial charge < -0.3 is 10.5 Å². The molecule has 0 saturated carbocycles. The summed E-state index contributed by atoms with van der Waals surface area (Å²) in [6.07, 6.45) is 3.40. The molecule has 0 aliphatic heterocycles. The molecule has 1 aromatic carbocycles. The molecule has 2 rings (SSSR count). The van der Waals surface area contributed by atoms with Crippen LogP contribution >= 0.6 is 11.6 Å². The smallest absolute Gasteiger partial charge is 0.148 e. The molecule has 2 aromatic rings. The van der Waals surface area contributed by atoms with Crippen LogP contribution in [-0.2, 0) is 6.42 Å². The van der Waals surface area contributed by atoms with Crippen molar-refractivity contribution in [2.45, 2.75) is 32.7 Å². The topological polar surface area (TPSA) is 48.1 Å². The van der Waals surface area contributed by atoms with Crippen molar-refractivity contribution in [3.63, 3.8) is 0 Å². The fourth-order valence-corrected chi connectivity index (χ4v) is 2.12.